The first-order valence-corrected chi connectivity index (χ1v) is 14.8. The number of carbonyl (C=O) groups is 5. The number of nitrogens with one attached hydrogen (secondary N) is 4. The van der Waals surface area contributed by atoms with Gasteiger partial charge in [-0.1, -0.05) is 30.3 Å². The molecule has 0 bridgehead atoms. The molecule has 0 saturated heterocycles. The van der Waals surface area contributed by atoms with E-state index in [9.17, 15) is 39.3 Å². The highest BCUT2D eigenvalue weighted by Crippen LogP contribution is 2.19. The van der Waals surface area contributed by atoms with Gasteiger partial charge in [-0.05, 0) is 55.0 Å². The molecular weight excluding hydrogens is 612 g/mol. The summed E-state index contributed by atoms with van der Waals surface area (Å²) in [5.41, 5.74) is 18.9. The van der Waals surface area contributed by atoms with E-state index in [1.807, 2.05) is 24.3 Å². The highest BCUT2D eigenvalue weighted by molar-refractivity contribution is 5.94. The highest BCUT2D eigenvalue weighted by Gasteiger charge is 2.31. The van der Waals surface area contributed by atoms with Gasteiger partial charge in [-0.3, -0.25) is 24.2 Å². The standard InChI is InChI=1S/C31H40N8O8/c32-21(15-18-16-36-22-5-2-1-4-20(18)22)27(43)37-23(11-12-26(41)42)28(44)39-25(14-17-7-9-19(40)10-8-17)29(45)38-24(30(46)47)6-3-13-35-31(33)34/h1-2,4-5,7-10,16,21,23-25,36,40H,3,6,11-15,32H2,(H,37,43)(H,38,45)(H,39,44)(H,41,42)(H,46,47)(H4,33,34,35). The molecule has 0 aliphatic carbocycles. The number of phenols is 1. The smallest absolute Gasteiger partial charge is 0.326 e. The molecule has 16 heteroatoms. The summed E-state index contributed by atoms with van der Waals surface area (Å²) in [6.07, 6.45) is 1.12. The fourth-order valence-corrected chi connectivity index (χ4v) is 4.83. The molecule has 252 valence electrons. The van der Waals surface area contributed by atoms with Gasteiger partial charge in [-0.2, -0.15) is 0 Å². The van der Waals surface area contributed by atoms with E-state index >= 15 is 0 Å². The number of guanidine groups is 1. The van der Waals surface area contributed by atoms with Gasteiger partial charge < -0.3 is 53.5 Å². The van der Waals surface area contributed by atoms with Gasteiger partial charge in [0.15, 0.2) is 5.96 Å². The van der Waals surface area contributed by atoms with Crippen molar-refractivity contribution in [2.75, 3.05) is 6.54 Å². The lowest BCUT2D eigenvalue weighted by atomic mass is 10.0. The third-order valence-corrected chi connectivity index (χ3v) is 7.30. The SMILES string of the molecule is NC(N)=NCCCC(NC(=O)C(Cc1ccc(O)cc1)NC(=O)C(CCC(=O)O)NC(=O)C(N)Cc1c[nH]c2ccccc12)C(=O)O. The van der Waals surface area contributed by atoms with Gasteiger partial charge in [0, 0.05) is 36.5 Å². The molecular formula is C31H40N8O8. The number of aromatic nitrogens is 1. The molecule has 0 aliphatic heterocycles. The van der Waals surface area contributed by atoms with Crippen molar-refractivity contribution in [3.05, 3.63) is 65.9 Å². The van der Waals surface area contributed by atoms with E-state index in [1.165, 1.54) is 24.3 Å². The van der Waals surface area contributed by atoms with Crippen LogP contribution in [0, 0.1) is 0 Å². The monoisotopic (exact) mass is 652 g/mol. The Morgan fingerprint density at radius 2 is 1.45 bits per heavy atom. The van der Waals surface area contributed by atoms with E-state index in [-0.39, 0.29) is 50.4 Å². The van der Waals surface area contributed by atoms with Crippen LogP contribution in [0.2, 0.25) is 0 Å². The van der Waals surface area contributed by atoms with Gasteiger partial charge >= 0.3 is 11.9 Å². The normalized spacial score (nSPS) is 13.5. The van der Waals surface area contributed by atoms with Crippen molar-refractivity contribution in [1.29, 1.82) is 0 Å². The molecule has 4 unspecified atom stereocenters. The van der Waals surface area contributed by atoms with Crippen LogP contribution in [-0.2, 0) is 36.8 Å². The van der Waals surface area contributed by atoms with Gasteiger partial charge in [0.25, 0.3) is 0 Å². The zero-order chi connectivity index (χ0) is 34.5. The van der Waals surface area contributed by atoms with Gasteiger partial charge in [0.2, 0.25) is 17.7 Å². The van der Waals surface area contributed by atoms with E-state index in [4.69, 9.17) is 17.2 Å². The second-order valence-corrected chi connectivity index (χ2v) is 10.9. The number of carboxylic acid groups (broad SMARTS) is 2. The summed E-state index contributed by atoms with van der Waals surface area (Å²) < 4.78 is 0. The number of H-pyrrole nitrogens is 1. The number of nitrogens with zero attached hydrogens (tertiary/aromatic N) is 1. The van der Waals surface area contributed by atoms with Crippen molar-refractivity contribution >= 4 is 46.5 Å². The molecule has 16 nitrogen and oxygen atoms in total. The number of hydrogen-bond donors (Lipinski definition) is 10. The van der Waals surface area contributed by atoms with Gasteiger partial charge in [0.1, 0.15) is 23.9 Å². The van der Waals surface area contributed by atoms with Crippen LogP contribution in [0.3, 0.4) is 0 Å². The van der Waals surface area contributed by atoms with Crippen LogP contribution in [0.15, 0.2) is 59.7 Å². The zero-order valence-electron chi connectivity index (χ0n) is 25.5. The zero-order valence-corrected chi connectivity index (χ0v) is 25.5. The largest absolute Gasteiger partial charge is 0.508 e. The van der Waals surface area contributed by atoms with E-state index in [0.29, 0.717) is 5.56 Å². The Labute approximate surface area is 269 Å². The average molecular weight is 653 g/mol. The van der Waals surface area contributed by atoms with Crippen LogP contribution < -0.4 is 33.2 Å². The first-order chi connectivity index (χ1) is 22.3. The van der Waals surface area contributed by atoms with Crippen LogP contribution in [0.1, 0.15) is 36.8 Å². The van der Waals surface area contributed by atoms with E-state index in [0.717, 1.165) is 16.5 Å². The van der Waals surface area contributed by atoms with E-state index in [2.05, 4.69) is 25.9 Å². The molecule has 4 atom stereocenters. The molecule has 3 rings (SSSR count). The number of nitrogens with two attached hydrogens (primary N) is 3. The van der Waals surface area contributed by atoms with Crippen molar-refractivity contribution in [3.8, 4) is 5.75 Å². The number of aromatic hydroxyl groups is 1. The second kappa shape index (κ2) is 17.2. The van der Waals surface area contributed by atoms with Crippen molar-refractivity contribution in [3.63, 3.8) is 0 Å². The molecule has 13 N–H and O–H groups in total. The third kappa shape index (κ3) is 11.3. The quantitative estimate of drug-likeness (QED) is 0.0472. The molecule has 1 aromatic heterocycles. The Morgan fingerprint density at radius 1 is 0.809 bits per heavy atom. The van der Waals surface area contributed by atoms with Crippen molar-refractivity contribution in [2.24, 2.45) is 22.2 Å². The maximum Gasteiger partial charge on any atom is 0.326 e. The molecule has 0 saturated carbocycles. The summed E-state index contributed by atoms with van der Waals surface area (Å²) in [6, 6.07) is 8.02. The number of benzene rings is 2. The number of rotatable bonds is 18. The number of phenolic OH excluding ortho intramolecular Hbond substituents is 1. The lowest BCUT2D eigenvalue weighted by molar-refractivity contribution is -0.142. The first-order valence-electron chi connectivity index (χ1n) is 14.8. The predicted octanol–water partition coefficient (Wildman–Crippen LogP) is -0.557. The fraction of sp³-hybridized carbons (Fsp3) is 0.355. The molecule has 3 amide bonds. The molecule has 3 aromatic rings. The molecule has 47 heavy (non-hydrogen) atoms. The topological polar surface area (TPSA) is 288 Å². The van der Waals surface area contributed by atoms with Crippen molar-refractivity contribution in [2.45, 2.75) is 62.7 Å². The summed E-state index contributed by atoms with van der Waals surface area (Å²) in [5, 5.41) is 37.0. The van der Waals surface area contributed by atoms with Crippen LogP contribution in [0.5, 0.6) is 5.75 Å². The Kier molecular flexibility index (Phi) is 13.1. The van der Waals surface area contributed by atoms with Crippen molar-refractivity contribution < 1.29 is 39.3 Å². The summed E-state index contributed by atoms with van der Waals surface area (Å²) in [7, 11) is 0. The molecule has 0 aliphatic rings. The molecule has 2 aromatic carbocycles. The summed E-state index contributed by atoms with van der Waals surface area (Å²) in [5.74, 6) is -5.19. The van der Waals surface area contributed by atoms with Crippen LogP contribution in [-0.4, -0.2) is 86.6 Å². The lowest BCUT2D eigenvalue weighted by Crippen LogP contribution is -2.57. The summed E-state index contributed by atoms with van der Waals surface area (Å²) in [4.78, 5) is 70.2. The van der Waals surface area contributed by atoms with Crippen LogP contribution in [0.4, 0.5) is 0 Å². The number of hydrogen-bond acceptors (Lipinski definition) is 8. The molecule has 1 heterocycles. The fourth-order valence-electron chi connectivity index (χ4n) is 4.83. The Bertz CT molecular complexity index is 1590. The first kappa shape index (κ1) is 35.8. The summed E-state index contributed by atoms with van der Waals surface area (Å²) >= 11 is 0. The minimum Gasteiger partial charge on any atom is -0.508 e. The Morgan fingerprint density at radius 3 is 2.11 bits per heavy atom. The predicted molar refractivity (Wildman–Crippen MR) is 172 cm³/mol. The minimum absolute atomic E-state index is 0.0245. The second-order valence-electron chi connectivity index (χ2n) is 10.9. The number of para-hydroxylation sites is 1. The maximum absolute atomic E-state index is 13.5. The highest BCUT2D eigenvalue weighted by atomic mass is 16.4. The average Bonchev–Trinajstić information content (AvgIpc) is 3.43. The van der Waals surface area contributed by atoms with Crippen LogP contribution >= 0.6 is 0 Å². The number of amides is 3. The Balaban J connectivity index is 1.77. The number of aliphatic carboxylic acids is 2. The Hall–Kier alpha value is -5.64. The maximum atomic E-state index is 13.5. The number of carboxylic acids is 2. The third-order valence-electron chi connectivity index (χ3n) is 7.30. The van der Waals surface area contributed by atoms with Crippen LogP contribution in [0.25, 0.3) is 10.9 Å². The van der Waals surface area contributed by atoms with E-state index < -0.39 is 60.2 Å². The summed E-state index contributed by atoms with van der Waals surface area (Å²) in [6.45, 7) is 0.128. The molecule has 0 spiro atoms. The number of aromatic amines is 1. The van der Waals surface area contributed by atoms with Gasteiger partial charge in [-0.25, -0.2) is 4.79 Å². The minimum atomic E-state index is -1.39. The van der Waals surface area contributed by atoms with Gasteiger partial charge in [-0.15, -0.1) is 0 Å². The number of carbonyl (C=O) groups excluding carboxylic acids is 3. The lowest BCUT2D eigenvalue weighted by Gasteiger charge is -2.25. The number of fused-ring (bicyclic) bond motifs is 1. The number of aliphatic imine (C=N–C) groups is 1. The van der Waals surface area contributed by atoms with Crippen molar-refractivity contribution in [1.82, 2.24) is 20.9 Å². The molecule has 0 fully saturated rings. The van der Waals surface area contributed by atoms with E-state index in [1.54, 1.807) is 6.20 Å². The molecule has 0 radical (unpaired) electrons. The van der Waals surface area contributed by atoms with Gasteiger partial charge in [0.05, 0.1) is 6.04 Å².